The maximum Gasteiger partial charge on any atom is 0.252 e. The van der Waals surface area contributed by atoms with Gasteiger partial charge in [-0.2, -0.15) is 0 Å². The van der Waals surface area contributed by atoms with Crippen LogP contribution in [0.2, 0.25) is 0 Å². The molecule has 27 heavy (non-hydrogen) atoms. The summed E-state index contributed by atoms with van der Waals surface area (Å²) in [5.41, 5.74) is 4.10. The molecule has 142 valence electrons. The van der Waals surface area contributed by atoms with E-state index in [1.165, 1.54) is 5.56 Å². The van der Waals surface area contributed by atoms with Gasteiger partial charge in [0.05, 0.1) is 12.2 Å². The zero-order chi connectivity index (χ0) is 18.8. The zero-order valence-corrected chi connectivity index (χ0v) is 15.9. The number of ether oxygens (including phenoxy) is 2. The molecule has 1 saturated heterocycles. The van der Waals surface area contributed by atoms with Crippen LogP contribution >= 0.6 is 0 Å². The van der Waals surface area contributed by atoms with Gasteiger partial charge in [-0.15, -0.1) is 0 Å². The van der Waals surface area contributed by atoms with Gasteiger partial charge in [-0.1, -0.05) is 30.3 Å². The molecule has 0 aliphatic carbocycles. The van der Waals surface area contributed by atoms with Crippen molar-refractivity contribution in [2.75, 3.05) is 13.1 Å². The number of hydrogen-bond acceptors (Lipinski definition) is 4. The second kappa shape index (κ2) is 7.71. The molecule has 1 N–H and O–H groups in total. The fourth-order valence-electron chi connectivity index (χ4n) is 3.93. The van der Waals surface area contributed by atoms with Gasteiger partial charge in [0.15, 0.2) is 0 Å². The van der Waals surface area contributed by atoms with Crippen LogP contribution in [0.1, 0.15) is 40.9 Å². The molecule has 0 spiro atoms. The Bertz CT molecular complexity index is 809. The number of rotatable bonds is 5. The van der Waals surface area contributed by atoms with Gasteiger partial charge in [0.1, 0.15) is 12.4 Å². The van der Waals surface area contributed by atoms with Gasteiger partial charge in [0.25, 0.3) is 5.91 Å². The molecule has 2 aromatic carbocycles. The normalized spacial score (nSPS) is 22.4. The Morgan fingerprint density at radius 1 is 1.07 bits per heavy atom. The van der Waals surface area contributed by atoms with Gasteiger partial charge in [-0.3, -0.25) is 9.69 Å². The number of carbonyl (C=O) groups excluding carboxylic acids is 1. The molecule has 1 amide bonds. The van der Waals surface area contributed by atoms with Crippen LogP contribution in [-0.2, 0) is 24.4 Å². The van der Waals surface area contributed by atoms with Crippen LogP contribution in [0.15, 0.2) is 42.5 Å². The molecule has 2 aliphatic heterocycles. The molecule has 2 aliphatic rings. The topological polar surface area (TPSA) is 50.8 Å². The molecule has 0 saturated carbocycles. The summed E-state index contributed by atoms with van der Waals surface area (Å²) in [5, 5.41) is 2.84. The number of nitrogens with zero attached hydrogens (tertiary/aromatic N) is 1. The van der Waals surface area contributed by atoms with E-state index in [9.17, 15) is 4.79 Å². The third kappa shape index (κ3) is 4.15. The Hall–Kier alpha value is -2.37. The number of carbonyl (C=O) groups is 1. The molecule has 5 nitrogen and oxygen atoms in total. The quantitative estimate of drug-likeness (QED) is 0.883. The summed E-state index contributed by atoms with van der Waals surface area (Å²) in [4.78, 5) is 14.2. The van der Waals surface area contributed by atoms with Crippen molar-refractivity contribution in [3.05, 3.63) is 64.7 Å². The highest BCUT2D eigenvalue weighted by Gasteiger charge is 2.23. The van der Waals surface area contributed by atoms with Gasteiger partial charge < -0.3 is 14.8 Å². The number of fused-ring (bicyclic) bond motifs is 1. The van der Waals surface area contributed by atoms with Crippen molar-refractivity contribution in [1.29, 1.82) is 0 Å². The summed E-state index contributed by atoms with van der Waals surface area (Å²) in [6.45, 7) is 8.19. The van der Waals surface area contributed by atoms with Crippen LogP contribution in [0, 0.1) is 0 Å². The lowest BCUT2D eigenvalue weighted by molar-refractivity contribution is -0.0704. The maximum absolute atomic E-state index is 11.8. The maximum atomic E-state index is 11.8. The summed E-state index contributed by atoms with van der Waals surface area (Å²) in [6, 6.07) is 14.2. The van der Waals surface area contributed by atoms with E-state index in [4.69, 9.17) is 9.47 Å². The first-order chi connectivity index (χ1) is 13.1. The predicted octanol–water partition coefficient (Wildman–Crippen LogP) is 3.12. The number of hydrogen-bond donors (Lipinski definition) is 1. The zero-order valence-electron chi connectivity index (χ0n) is 15.9. The third-order valence-electron chi connectivity index (χ3n) is 5.12. The second-order valence-electron chi connectivity index (χ2n) is 7.52. The molecule has 2 atom stereocenters. The largest absolute Gasteiger partial charge is 0.489 e. The molecule has 0 bridgehead atoms. The van der Waals surface area contributed by atoms with E-state index in [2.05, 4.69) is 48.3 Å². The monoisotopic (exact) mass is 366 g/mol. The molecule has 2 aromatic rings. The molecule has 5 heteroatoms. The lowest BCUT2D eigenvalue weighted by atomic mass is 10.1. The Balaban J connectivity index is 1.36. The van der Waals surface area contributed by atoms with Crippen LogP contribution in [0.5, 0.6) is 5.75 Å². The van der Waals surface area contributed by atoms with Crippen molar-refractivity contribution in [2.45, 2.75) is 45.8 Å². The third-order valence-corrected chi connectivity index (χ3v) is 5.12. The summed E-state index contributed by atoms with van der Waals surface area (Å²) < 4.78 is 11.8. The Morgan fingerprint density at radius 2 is 1.78 bits per heavy atom. The minimum atomic E-state index is -0.0217. The predicted molar refractivity (Wildman–Crippen MR) is 104 cm³/mol. The van der Waals surface area contributed by atoms with Gasteiger partial charge in [0.2, 0.25) is 0 Å². The smallest absolute Gasteiger partial charge is 0.252 e. The Morgan fingerprint density at radius 3 is 2.52 bits per heavy atom. The first-order valence-electron chi connectivity index (χ1n) is 9.57. The van der Waals surface area contributed by atoms with Crippen molar-refractivity contribution in [1.82, 2.24) is 10.2 Å². The van der Waals surface area contributed by atoms with Crippen LogP contribution in [0.4, 0.5) is 0 Å². The van der Waals surface area contributed by atoms with Gasteiger partial charge in [0, 0.05) is 37.3 Å². The number of morpholine rings is 1. The second-order valence-corrected chi connectivity index (χ2v) is 7.52. The van der Waals surface area contributed by atoms with Gasteiger partial charge in [-0.25, -0.2) is 0 Å². The van der Waals surface area contributed by atoms with E-state index in [-0.39, 0.29) is 18.1 Å². The standard InChI is InChI=1S/C22H26N2O3/c1-15-11-24(12-16(2)27-15)13-17-6-8-18(9-7-17)14-26-21-5-3-4-19-20(21)10-23-22(19)25/h3-9,15-16H,10-14H2,1-2H3,(H,23,25)/t15-,16+. The number of benzene rings is 2. The highest BCUT2D eigenvalue weighted by atomic mass is 16.5. The van der Waals surface area contributed by atoms with Crippen LogP contribution in [0.3, 0.4) is 0 Å². The summed E-state index contributed by atoms with van der Waals surface area (Å²) in [7, 11) is 0. The van der Waals surface area contributed by atoms with E-state index in [1.807, 2.05) is 18.2 Å². The SMILES string of the molecule is C[C@@H]1CN(Cc2ccc(COc3cccc4c3CNC4=O)cc2)C[C@H](C)O1. The van der Waals surface area contributed by atoms with Crippen molar-refractivity contribution >= 4 is 5.91 Å². The number of nitrogens with one attached hydrogen (secondary N) is 1. The average molecular weight is 366 g/mol. The molecule has 0 unspecified atom stereocenters. The lowest BCUT2D eigenvalue weighted by Crippen LogP contribution is -2.44. The van der Waals surface area contributed by atoms with E-state index >= 15 is 0 Å². The first kappa shape index (κ1) is 18.0. The van der Waals surface area contributed by atoms with E-state index in [0.717, 1.165) is 42.1 Å². The summed E-state index contributed by atoms with van der Waals surface area (Å²) in [6.07, 6.45) is 0.575. The Labute approximate surface area is 160 Å². The molecule has 1 fully saturated rings. The molecular formula is C22H26N2O3. The van der Waals surface area contributed by atoms with E-state index in [0.29, 0.717) is 13.2 Å². The summed E-state index contributed by atoms with van der Waals surface area (Å²) in [5.74, 6) is 0.762. The highest BCUT2D eigenvalue weighted by molar-refractivity contribution is 5.99. The number of amides is 1. The van der Waals surface area contributed by atoms with Crippen molar-refractivity contribution < 1.29 is 14.3 Å². The van der Waals surface area contributed by atoms with Gasteiger partial charge >= 0.3 is 0 Å². The first-order valence-corrected chi connectivity index (χ1v) is 9.57. The highest BCUT2D eigenvalue weighted by Crippen LogP contribution is 2.27. The van der Waals surface area contributed by atoms with Crippen LogP contribution < -0.4 is 10.1 Å². The Kier molecular flexibility index (Phi) is 5.14. The van der Waals surface area contributed by atoms with Crippen LogP contribution in [0.25, 0.3) is 0 Å². The molecule has 0 radical (unpaired) electrons. The van der Waals surface area contributed by atoms with Crippen LogP contribution in [-0.4, -0.2) is 36.1 Å². The van der Waals surface area contributed by atoms with E-state index < -0.39 is 0 Å². The molecule has 2 heterocycles. The van der Waals surface area contributed by atoms with Crippen molar-refractivity contribution in [3.8, 4) is 5.75 Å². The molecule has 0 aromatic heterocycles. The minimum absolute atomic E-state index is 0.0217. The minimum Gasteiger partial charge on any atom is -0.489 e. The fraction of sp³-hybridized carbons (Fsp3) is 0.409. The average Bonchev–Trinajstić information content (AvgIpc) is 3.02. The van der Waals surface area contributed by atoms with Crippen molar-refractivity contribution in [3.63, 3.8) is 0 Å². The van der Waals surface area contributed by atoms with Gasteiger partial charge in [-0.05, 0) is 37.1 Å². The lowest BCUT2D eigenvalue weighted by Gasteiger charge is -2.35. The fourth-order valence-corrected chi connectivity index (χ4v) is 3.93. The van der Waals surface area contributed by atoms with Crippen molar-refractivity contribution in [2.24, 2.45) is 0 Å². The van der Waals surface area contributed by atoms with E-state index in [1.54, 1.807) is 0 Å². The molecular weight excluding hydrogens is 340 g/mol. The molecule has 4 rings (SSSR count). The summed E-state index contributed by atoms with van der Waals surface area (Å²) >= 11 is 0.